The number of hydrogen-bond acceptors (Lipinski definition) is 4. The highest BCUT2D eigenvalue weighted by molar-refractivity contribution is 8.00. The van der Waals surface area contributed by atoms with Crippen LogP contribution in [0.4, 0.5) is 0 Å². The average molecular weight is 334 g/mol. The van der Waals surface area contributed by atoms with Crippen molar-refractivity contribution >= 4 is 17.7 Å². The summed E-state index contributed by atoms with van der Waals surface area (Å²) in [6.07, 6.45) is 11.0. The summed E-state index contributed by atoms with van der Waals surface area (Å²) in [5, 5.41) is 12.9. The van der Waals surface area contributed by atoms with E-state index >= 15 is 0 Å². The van der Waals surface area contributed by atoms with Gasteiger partial charge in [-0.3, -0.25) is 4.79 Å². The van der Waals surface area contributed by atoms with Gasteiger partial charge in [-0.05, 0) is 45.4 Å². The van der Waals surface area contributed by atoms with Gasteiger partial charge in [0.15, 0.2) is 5.16 Å². The lowest BCUT2D eigenvalue weighted by Gasteiger charge is -2.24. The van der Waals surface area contributed by atoms with Crippen LogP contribution in [0.1, 0.15) is 82.5 Å². The standard InChI is InChI=1S/C17H26N4OS/c1-11(16(22)18-13-5-3-2-4-6-13)23-17-20-19-15(12-7-8-12)21(17)14-9-10-14/h11-14H,2-10H2,1H3,(H,18,22)/t11-/m0/s1. The van der Waals surface area contributed by atoms with Gasteiger partial charge < -0.3 is 9.88 Å². The van der Waals surface area contributed by atoms with Crippen LogP contribution in [-0.2, 0) is 4.79 Å². The Bertz CT molecular complexity index is 573. The molecule has 1 atom stereocenters. The van der Waals surface area contributed by atoms with Crippen LogP contribution in [0.25, 0.3) is 0 Å². The van der Waals surface area contributed by atoms with Gasteiger partial charge >= 0.3 is 0 Å². The number of hydrogen-bond donors (Lipinski definition) is 1. The Morgan fingerprint density at radius 1 is 1.13 bits per heavy atom. The van der Waals surface area contributed by atoms with Crippen LogP contribution in [0.3, 0.4) is 0 Å². The van der Waals surface area contributed by atoms with E-state index in [1.165, 1.54) is 44.9 Å². The lowest BCUT2D eigenvalue weighted by Crippen LogP contribution is -2.40. The molecule has 3 saturated carbocycles. The average Bonchev–Trinajstić information content (AvgIpc) is 3.47. The first-order valence-electron chi connectivity index (χ1n) is 9.14. The summed E-state index contributed by atoms with van der Waals surface area (Å²) in [6.45, 7) is 1.99. The number of carbonyl (C=O) groups is 1. The molecule has 4 rings (SSSR count). The van der Waals surface area contributed by atoms with Gasteiger partial charge in [-0.1, -0.05) is 31.0 Å². The highest BCUT2D eigenvalue weighted by atomic mass is 32.2. The van der Waals surface area contributed by atoms with Crippen molar-refractivity contribution < 1.29 is 4.79 Å². The van der Waals surface area contributed by atoms with Crippen LogP contribution >= 0.6 is 11.8 Å². The quantitative estimate of drug-likeness (QED) is 0.810. The molecule has 1 N–H and O–H groups in total. The number of thioether (sulfide) groups is 1. The zero-order valence-electron chi connectivity index (χ0n) is 13.8. The molecule has 3 aliphatic carbocycles. The van der Waals surface area contributed by atoms with Crippen molar-refractivity contribution in [3.05, 3.63) is 5.82 Å². The van der Waals surface area contributed by atoms with Crippen molar-refractivity contribution in [3.63, 3.8) is 0 Å². The fraction of sp³-hybridized carbons (Fsp3) is 0.824. The Balaban J connectivity index is 1.39. The molecule has 23 heavy (non-hydrogen) atoms. The predicted molar refractivity (Wildman–Crippen MR) is 90.6 cm³/mol. The summed E-state index contributed by atoms with van der Waals surface area (Å²) < 4.78 is 2.33. The van der Waals surface area contributed by atoms with Crippen LogP contribution in [0.2, 0.25) is 0 Å². The van der Waals surface area contributed by atoms with E-state index in [1.54, 1.807) is 11.8 Å². The normalized spacial score (nSPS) is 23.7. The number of aromatic nitrogens is 3. The molecule has 6 heteroatoms. The molecular weight excluding hydrogens is 308 g/mol. The number of amides is 1. The van der Waals surface area contributed by atoms with E-state index in [1.807, 2.05) is 6.92 Å². The maximum atomic E-state index is 12.5. The molecular formula is C17H26N4OS. The maximum Gasteiger partial charge on any atom is 0.233 e. The Kier molecular flexibility index (Phi) is 4.35. The Labute approximate surface area is 142 Å². The van der Waals surface area contributed by atoms with Crippen LogP contribution in [0, 0.1) is 0 Å². The van der Waals surface area contributed by atoms with E-state index in [0.717, 1.165) is 23.8 Å². The van der Waals surface area contributed by atoms with Gasteiger partial charge in [0, 0.05) is 18.0 Å². The van der Waals surface area contributed by atoms with Crippen LogP contribution in [-0.4, -0.2) is 32.0 Å². The fourth-order valence-electron chi connectivity index (χ4n) is 3.44. The Hall–Kier alpha value is -1.04. The summed E-state index contributed by atoms with van der Waals surface area (Å²) in [6, 6.07) is 0.958. The van der Waals surface area contributed by atoms with Gasteiger partial charge in [0.05, 0.1) is 5.25 Å². The van der Waals surface area contributed by atoms with Gasteiger partial charge in [0.25, 0.3) is 0 Å². The molecule has 3 aliphatic rings. The van der Waals surface area contributed by atoms with Crippen molar-refractivity contribution in [2.24, 2.45) is 0 Å². The minimum atomic E-state index is -0.106. The molecule has 1 heterocycles. The number of rotatable bonds is 6. The highest BCUT2D eigenvalue weighted by Gasteiger charge is 2.37. The molecule has 126 valence electrons. The first kappa shape index (κ1) is 15.5. The maximum absolute atomic E-state index is 12.5. The van der Waals surface area contributed by atoms with E-state index in [4.69, 9.17) is 0 Å². The molecule has 3 fully saturated rings. The molecule has 0 aromatic carbocycles. The minimum Gasteiger partial charge on any atom is -0.352 e. The third kappa shape index (κ3) is 3.57. The van der Waals surface area contributed by atoms with Crippen molar-refractivity contribution in [3.8, 4) is 0 Å². The molecule has 1 amide bonds. The van der Waals surface area contributed by atoms with Crippen molar-refractivity contribution in [1.29, 1.82) is 0 Å². The molecule has 0 unspecified atom stereocenters. The predicted octanol–water partition coefficient (Wildman–Crippen LogP) is 3.42. The van der Waals surface area contributed by atoms with E-state index < -0.39 is 0 Å². The second-order valence-electron chi connectivity index (χ2n) is 7.32. The summed E-state index contributed by atoms with van der Waals surface area (Å²) in [4.78, 5) is 12.5. The van der Waals surface area contributed by atoms with Gasteiger partial charge in [-0.15, -0.1) is 10.2 Å². The highest BCUT2D eigenvalue weighted by Crippen LogP contribution is 2.46. The zero-order chi connectivity index (χ0) is 15.8. The second kappa shape index (κ2) is 6.46. The number of nitrogens with zero attached hydrogens (tertiary/aromatic N) is 3. The molecule has 0 saturated heterocycles. The van der Waals surface area contributed by atoms with E-state index in [9.17, 15) is 4.79 Å². The second-order valence-corrected chi connectivity index (χ2v) is 8.63. The zero-order valence-corrected chi connectivity index (χ0v) is 14.6. The molecule has 1 aromatic rings. The lowest BCUT2D eigenvalue weighted by molar-refractivity contribution is -0.121. The van der Waals surface area contributed by atoms with Gasteiger partial charge in [-0.25, -0.2) is 0 Å². The van der Waals surface area contributed by atoms with Gasteiger partial charge in [0.1, 0.15) is 5.82 Å². The minimum absolute atomic E-state index is 0.106. The van der Waals surface area contributed by atoms with Crippen molar-refractivity contribution in [2.75, 3.05) is 0 Å². The molecule has 0 radical (unpaired) electrons. The van der Waals surface area contributed by atoms with Crippen molar-refractivity contribution in [2.45, 2.75) is 93.1 Å². The Morgan fingerprint density at radius 2 is 1.87 bits per heavy atom. The molecule has 1 aromatic heterocycles. The Morgan fingerprint density at radius 3 is 2.52 bits per heavy atom. The topological polar surface area (TPSA) is 59.8 Å². The largest absolute Gasteiger partial charge is 0.352 e. The summed E-state index contributed by atoms with van der Waals surface area (Å²) in [5.41, 5.74) is 0. The van der Waals surface area contributed by atoms with E-state index in [0.29, 0.717) is 18.0 Å². The third-order valence-electron chi connectivity index (χ3n) is 5.15. The third-order valence-corrected chi connectivity index (χ3v) is 6.21. The first-order chi connectivity index (χ1) is 11.2. The first-order valence-corrected chi connectivity index (χ1v) is 10.0. The smallest absolute Gasteiger partial charge is 0.233 e. The summed E-state index contributed by atoms with van der Waals surface area (Å²) in [5.74, 6) is 1.93. The molecule has 0 aliphatic heterocycles. The molecule has 5 nitrogen and oxygen atoms in total. The van der Waals surface area contributed by atoms with Gasteiger partial charge in [0.2, 0.25) is 5.91 Å². The van der Waals surface area contributed by atoms with E-state index in [2.05, 4.69) is 20.1 Å². The number of nitrogens with one attached hydrogen (secondary N) is 1. The monoisotopic (exact) mass is 334 g/mol. The molecule has 0 spiro atoms. The van der Waals surface area contributed by atoms with Crippen LogP contribution in [0.5, 0.6) is 0 Å². The SMILES string of the molecule is C[C@H](Sc1nnc(C2CC2)n1C1CC1)C(=O)NC1CCCCC1. The van der Waals surface area contributed by atoms with Crippen LogP contribution in [0.15, 0.2) is 5.16 Å². The van der Waals surface area contributed by atoms with Crippen molar-refractivity contribution in [1.82, 2.24) is 20.1 Å². The van der Waals surface area contributed by atoms with Gasteiger partial charge in [-0.2, -0.15) is 0 Å². The lowest BCUT2D eigenvalue weighted by atomic mass is 9.95. The summed E-state index contributed by atoms with van der Waals surface area (Å²) in [7, 11) is 0. The number of carbonyl (C=O) groups excluding carboxylic acids is 1. The fourth-order valence-corrected chi connectivity index (χ4v) is 4.38. The molecule has 0 bridgehead atoms. The van der Waals surface area contributed by atoms with Crippen LogP contribution < -0.4 is 5.32 Å². The van der Waals surface area contributed by atoms with E-state index in [-0.39, 0.29) is 11.2 Å². The summed E-state index contributed by atoms with van der Waals surface area (Å²) >= 11 is 1.58.